The van der Waals surface area contributed by atoms with Crippen molar-refractivity contribution in [2.24, 2.45) is 5.92 Å². The van der Waals surface area contributed by atoms with Crippen molar-refractivity contribution in [3.8, 4) is 0 Å². The standard InChI is InChI=1S/C16H27S/c1-3-5-7-8-10-15(9-6-4-2)13-16-11-12-17-14-16/h11,14-15H,3-10,13H2,1-2H3. The van der Waals surface area contributed by atoms with Crippen LogP contribution in [0.2, 0.25) is 0 Å². The third kappa shape index (κ3) is 6.88. The van der Waals surface area contributed by atoms with Crippen LogP contribution in [-0.4, -0.2) is 0 Å². The maximum absolute atomic E-state index is 3.21. The van der Waals surface area contributed by atoms with Crippen LogP contribution in [0.1, 0.15) is 70.8 Å². The summed E-state index contributed by atoms with van der Waals surface area (Å²) >= 11 is 1.71. The predicted octanol–water partition coefficient (Wildman–Crippen LogP) is 5.87. The third-order valence-electron chi connectivity index (χ3n) is 3.48. The van der Waals surface area contributed by atoms with Gasteiger partial charge in [-0.1, -0.05) is 65.2 Å². The topological polar surface area (TPSA) is 0 Å². The van der Waals surface area contributed by atoms with Crippen molar-refractivity contribution in [3.05, 3.63) is 22.4 Å². The van der Waals surface area contributed by atoms with E-state index in [1.54, 1.807) is 11.3 Å². The second kappa shape index (κ2) is 9.70. The van der Waals surface area contributed by atoms with Crippen LogP contribution in [0.25, 0.3) is 0 Å². The monoisotopic (exact) mass is 251 g/mol. The zero-order valence-electron chi connectivity index (χ0n) is 11.5. The molecule has 0 aliphatic rings. The summed E-state index contributed by atoms with van der Waals surface area (Å²) in [4.78, 5) is 0. The normalized spacial score (nSPS) is 12.8. The molecule has 1 heterocycles. The molecule has 0 spiro atoms. The van der Waals surface area contributed by atoms with Crippen molar-refractivity contribution in [2.45, 2.75) is 71.6 Å². The van der Waals surface area contributed by atoms with Gasteiger partial charge >= 0.3 is 0 Å². The Morgan fingerprint density at radius 3 is 2.47 bits per heavy atom. The molecule has 1 aromatic heterocycles. The quantitative estimate of drug-likeness (QED) is 0.456. The Kier molecular flexibility index (Phi) is 8.42. The number of hydrogen-bond acceptors (Lipinski definition) is 1. The molecule has 0 N–H and O–H groups in total. The van der Waals surface area contributed by atoms with Gasteiger partial charge in [0.25, 0.3) is 0 Å². The van der Waals surface area contributed by atoms with E-state index in [2.05, 4.69) is 30.7 Å². The highest BCUT2D eigenvalue weighted by atomic mass is 32.1. The number of thiophene rings is 1. The Morgan fingerprint density at radius 1 is 1.06 bits per heavy atom. The van der Waals surface area contributed by atoms with E-state index < -0.39 is 0 Å². The molecule has 0 saturated carbocycles. The predicted molar refractivity (Wildman–Crippen MR) is 78.6 cm³/mol. The van der Waals surface area contributed by atoms with Crippen molar-refractivity contribution >= 4 is 11.3 Å². The summed E-state index contributed by atoms with van der Waals surface area (Å²) in [6.45, 7) is 4.59. The van der Waals surface area contributed by atoms with Gasteiger partial charge in [0.2, 0.25) is 0 Å². The molecule has 1 heteroatoms. The number of rotatable bonds is 10. The molecule has 1 radical (unpaired) electrons. The lowest BCUT2D eigenvalue weighted by Crippen LogP contribution is -2.04. The molecular formula is C16H27S. The van der Waals surface area contributed by atoms with E-state index in [0.29, 0.717) is 0 Å². The molecule has 97 valence electrons. The Hall–Kier alpha value is -0.300. The zero-order valence-corrected chi connectivity index (χ0v) is 12.3. The molecule has 0 nitrogen and oxygen atoms in total. The molecular weight excluding hydrogens is 224 g/mol. The van der Waals surface area contributed by atoms with E-state index in [9.17, 15) is 0 Å². The molecule has 0 fully saturated rings. The van der Waals surface area contributed by atoms with Crippen LogP contribution in [0.4, 0.5) is 0 Å². The second-order valence-corrected chi connectivity index (χ2v) is 5.84. The summed E-state index contributed by atoms with van der Waals surface area (Å²) in [5.41, 5.74) is 1.51. The van der Waals surface area contributed by atoms with Gasteiger partial charge in [-0.05, 0) is 29.3 Å². The Labute approximate surface area is 111 Å². The Morgan fingerprint density at radius 2 is 1.82 bits per heavy atom. The lowest BCUT2D eigenvalue weighted by molar-refractivity contribution is 0.410. The minimum absolute atomic E-state index is 0.912. The fourth-order valence-electron chi connectivity index (χ4n) is 2.39. The van der Waals surface area contributed by atoms with E-state index in [-0.39, 0.29) is 0 Å². The first-order valence-corrected chi connectivity index (χ1v) is 8.18. The average molecular weight is 251 g/mol. The fourth-order valence-corrected chi connectivity index (χ4v) is 3.00. The molecule has 1 unspecified atom stereocenters. The molecule has 0 bridgehead atoms. The molecule has 1 rings (SSSR count). The molecule has 0 saturated heterocycles. The first-order chi connectivity index (χ1) is 8.36. The fraction of sp³-hybridized carbons (Fsp3) is 0.750. The van der Waals surface area contributed by atoms with Gasteiger partial charge in [-0.15, -0.1) is 11.3 Å². The molecule has 0 aliphatic carbocycles. The van der Waals surface area contributed by atoms with Crippen molar-refractivity contribution in [2.75, 3.05) is 0 Å². The lowest BCUT2D eigenvalue weighted by Gasteiger charge is -2.15. The SMILES string of the molecule is CCCCCCC(CCCC)Cc1c[c]sc1. The van der Waals surface area contributed by atoms with Crippen LogP contribution >= 0.6 is 11.3 Å². The Balaban J connectivity index is 2.26. The van der Waals surface area contributed by atoms with E-state index in [1.165, 1.54) is 63.4 Å². The van der Waals surface area contributed by atoms with Gasteiger partial charge in [-0.25, -0.2) is 0 Å². The van der Waals surface area contributed by atoms with Crippen molar-refractivity contribution in [1.29, 1.82) is 0 Å². The van der Waals surface area contributed by atoms with Crippen molar-refractivity contribution in [3.63, 3.8) is 0 Å². The summed E-state index contributed by atoms with van der Waals surface area (Å²) < 4.78 is 0. The highest BCUT2D eigenvalue weighted by Gasteiger charge is 2.09. The Bertz CT molecular complexity index is 250. The average Bonchev–Trinajstić information content (AvgIpc) is 2.84. The first-order valence-electron chi connectivity index (χ1n) is 7.30. The summed E-state index contributed by atoms with van der Waals surface area (Å²) in [7, 11) is 0. The minimum Gasteiger partial charge on any atom is -0.143 e. The van der Waals surface area contributed by atoms with Gasteiger partial charge < -0.3 is 0 Å². The van der Waals surface area contributed by atoms with Crippen molar-refractivity contribution in [1.82, 2.24) is 0 Å². The highest BCUT2D eigenvalue weighted by Crippen LogP contribution is 2.22. The second-order valence-electron chi connectivity index (χ2n) is 5.13. The van der Waals surface area contributed by atoms with Gasteiger partial charge in [-0.3, -0.25) is 0 Å². The van der Waals surface area contributed by atoms with E-state index in [4.69, 9.17) is 0 Å². The smallest absolute Gasteiger partial charge is 0.0445 e. The number of hydrogen-bond donors (Lipinski definition) is 0. The summed E-state index contributed by atoms with van der Waals surface area (Å²) in [5, 5.41) is 5.48. The zero-order chi connectivity index (χ0) is 12.3. The molecule has 0 aliphatic heterocycles. The lowest BCUT2D eigenvalue weighted by atomic mass is 9.90. The van der Waals surface area contributed by atoms with Crippen molar-refractivity contribution < 1.29 is 0 Å². The summed E-state index contributed by atoms with van der Waals surface area (Å²) in [6.07, 6.45) is 12.5. The largest absolute Gasteiger partial charge is 0.143 e. The van der Waals surface area contributed by atoms with Gasteiger partial charge in [0, 0.05) is 5.38 Å². The maximum Gasteiger partial charge on any atom is 0.0445 e. The minimum atomic E-state index is 0.912. The van der Waals surface area contributed by atoms with E-state index >= 15 is 0 Å². The maximum atomic E-state index is 3.21. The molecule has 17 heavy (non-hydrogen) atoms. The molecule has 1 atom stereocenters. The molecule has 0 aromatic carbocycles. The first kappa shape index (κ1) is 14.8. The van der Waals surface area contributed by atoms with E-state index in [0.717, 1.165) is 5.92 Å². The van der Waals surface area contributed by atoms with Crippen LogP contribution in [0.3, 0.4) is 0 Å². The van der Waals surface area contributed by atoms with Crippen LogP contribution in [0, 0.1) is 11.3 Å². The molecule has 0 amide bonds. The van der Waals surface area contributed by atoms with Crippen LogP contribution < -0.4 is 0 Å². The number of unbranched alkanes of at least 4 members (excludes halogenated alkanes) is 4. The van der Waals surface area contributed by atoms with Gasteiger partial charge in [0.1, 0.15) is 0 Å². The summed E-state index contributed by atoms with van der Waals surface area (Å²) in [5.74, 6) is 0.912. The van der Waals surface area contributed by atoms with E-state index in [1.807, 2.05) is 0 Å². The summed E-state index contributed by atoms with van der Waals surface area (Å²) in [6, 6.07) is 2.18. The van der Waals surface area contributed by atoms with Gasteiger partial charge in [0.05, 0.1) is 0 Å². The van der Waals surface area contributed by atoms with Crippen LogP contribution in [0.15, 0.2) is 11.4 Å². The van der Waals surface area contributed by atoms with Gasteiger partial charge in [-0.2, -0.15) is 0 Å². The van der Waals surface area contributed by atoms with Gasteiger partial charge in [0.15, 0.2) is 0 Å². The molecule has 1 aromatic rings. The van der Waals surface area contributed by atoms with Crippen LogP contribution in [-0.2, 0) is 6.42 Å². The highest BCUT2D eigenvalue weighted by molar-refractivity contribution is 7.07. The third-order valence-corrected chi connectivity index (χ3v) is 4.15. The van der Waals surface area contributed by atoms with Crippen LogP contribution in [0.5, 0.6) is 0 Å².